The normalized spacial score (nSPS) is 10.5. The molecule has 7 heteroatoms. The van der Waals surface area contributed by atoms with E-state index in [-0.39, 0.29) is 34.3 Å². The van der Waals surface area contributed by atoms with Crippen LogP contribution >= 0.6 is 0 Å². The molecular formula is C30H39FeN3O3. The molecule has 0 aliphatic heterocycles. The number of nitrogens with zero attached hydrogens (tertiary/aromatic N) is 3. The molecule has 0 aliphatic rings. The molecule has 37 heavy (non-hydrogen) atoms. The monoisotopic (exact) mass is 545 g/mol. The minimum Gasteiger partial charge on any atom is -0.507 e. The van der Waals surface area contributed by atoms with Crippen LogP contribution in [0.1, 0.15) is 56.7 Å². The van der Waals surface area contributed by atoms with Crippen LogP contribution in [0.2, 0.25) is 0 Å². The van der Waals surface area contributed by atoms with E-state index in [1.165, 1.54) is 0 Å². The molecule has 0 radical (unpaired) electrons. The van der Waals surface area contributed by atoms with Crippen LogP contribution in [-0.4, -0.2) is 53.6 Å². The Kier molecular flexibility index (Phi) is 19.8. The molecule has 0 atom stereocenters. The number of phenols is 3. The predicted molar refractivity (Wildman–Crippen MR) is 153 cm³/mol. The molecule has 0 fully saturated rings. The molecule has 0 amide bonds. The first-order chi connectivity index (χ1) is 17.5. The van der Waals surface area contributed by atoms with Crippen LogP contribution in [0, 0.1) is 0 Å². The van der Waals surface area contributed by atoms with Gasteiger partial charge in [-0.15, -0.1) is 0 Å². The molecule has 200 valence electrons. The summed E-state index contributed by atoms with van der Waals surface area (Å²) in [6.45, 7) is 8.66. The predicted octanol–water partition coefficient (Wildman–Crippen LogP) is 6.66. The van der Waals surface area contributed by atoms with Gasteiger partial charge in [0.05, 0.1) is 0 Å². The molecule has 0 unspecified atom stereocenters. The summed E-state index contributed by atoms with van der Waals surface area (Å²) in [5.41, 5.74) is 2.35. The van der Waals surface area contributed by atoms with E-state index in [9.17, 15) is 15.3 Å². The Bertz CT molecular complexity index is 948. The van der Waals surface area contributed by atoms with Crippen LogP contribution in [0.25, 0.3) is 0 Å². The van der Waals surface area contributed by atoms with Gasteiger partial charge in [-0.2, -0.15) is 0 Å². The van der Waals surface area contributed by atoms with Crippen LogP contribution in [0.5, 0.6) is 17.2 Å². The molecule has 0 heterocycles. The van der Waals surface area contributed by atoms with E-state index in [1.54, 1.807) is 55.0 Å². The van der Waals surface area contributed by atoms with Crippen LogP contribution in [0.4, 0.5) is 0 Å². The average molecular weight is 546 g/mol. The van der Waals surface area contributed by atoms with Gasteiger partial charge in [-0.05, 0) is 55.7 Å². The Labute approximate surface area is 232 Å². The number of rotatable bonds is 9. The third-order valence-corrected chi connectivity index (χ3v) is 4.56. The van der Waals surface area contributed by atoms with Crippen molar-refractivity contribution in [1.82, 2.24) is 0 Å². The van der Waals surface area contributed by atoms with E-state index in [0.29, 0.717) is 0 Å². The second kappa shape index (κ2) is 21.8. The van der Waals surface area contributed by atoms with Crippen molar-refractivity contribution in [3.63, 3.8) is 0 Å². The van der Waals surface area contributed by atoms with Gasteiger partial charge in [0.25, 0.3) is 0 Å². The summed E-state index contributed by atoms with van der Waals surface area (Å²) in [7, 11) is 0. The van der Waals surface area contributed by atoms with E-state index < -0.39 is 0 Å². The van der Waals surface area contributed by atoms with Gasteiger partial charge in [-0.1, -0.05) is 57.2 Å². The summed E-state index contributed by atoms with van der Waals surface area (Å²) < 4.78 is 0. The maximum atomic E-state index is 9.32. The number of aromatic hydroxyl groups is 3. The SMILES string of the molecule is CCCN=Cc1ccccc1O.CCCN=Cc1ccccc1O.CCCN=Cc1ccccc1O.[Fe]. The van der Waals surface area contributed by atoms with Crippen molar-refractivity contribution < 1.29 is 32.4 Å². The number of para-hydroxylation sites is 3. The second-order valence-electron chi connectivity index (χ2n) is 7.78. The van der Waals surface area contributed by atoms with E-state index in [2.05, 4.69) is 35.7 Å². The zero-order valence-corrected chi connectivity index (χ0v) is 23.0. The van der Waals surface area contributed by atoms with Crippen LogP contribution in [0.3, 0.4) is 0 Å². The average Bonchev–Trinajstić information content (AvgIpc) is 2.89. The Balaban J connectivity index is 0.000000518. The maximum Gasteiger partial charge on any atom is 0.124 e. The fraction of sp³-hybridized carbons (Fsp3) is 0.300. The van der Waals surface area contributed by atoms with Gasteiger partial charge in [-0.25, -0.2) is 0 Å². The third-order valence-electron chi connectivity index (χ3n) is 4.56. The molecule has 3 N–H and O–H groups in total. The van der Waals surface area contributed by atoms with Crippen molar-refractivity contribution in [3.8, 4) is 17.2 Å². The molecule has 0 bridgehead atoms. The van der Waals surface area contributed by atoms with Gasteiger partial charge in [0.2, 0.25) is 0 Å². The molecule has 0 aliphatic carbocycles. The van der Waals surface area contributed by atoms with Crippen molar-refractivity contribution in [2.24, 2.45) is 15.0 Å². The Morgan fingerprint density at radius 2 is 0.730 bits per heavy atom. The Morgan fingerprint density at radius 3 is 0.946 bits per heavy atom. The minimum absolute atomic E-state index is 0. The standard InChI is InChI=1S/3C10H13NO.Fe/c3*1-2-7-11-8-9-5-3-4-6-10(9)12;/h3*3-6,8,12H,2,7H2,1H3;. The third kappa shape index (κ3) is 15.3. The molecular weight excluding hydrogens is 506 g/mol. The molecule has 0 aromatic heterocycles. The zero-order valence-electron chi connectivity index (χ0n) is 21.9. The summed E-state index contributed by atoms with van der Waals surface area (Å²) in [6.07, 6.45) is 8.22. The molecule has 3 aromatic carbocycles. The van der Waals surface area contributed by atoms with E-state index in [1.807, 2.05) is 36.4 Å². The summed E-state index contributed by atoms with van der Waals surface area (Å²) in [6, 6.07) is 21.5. The Hall–Kier alpha value is -3.41. The fourth-order valence-corrected chi connectivity index (χ4v) is 2.67. The molecule has 3 aromatic rings. The first-order valence-electron chi connectivity index (χ1n) is 12.4. The van der Waals surface area contributed by atoms with Gasteiger partial charge in [0.1, 0.15) is 17.2 Å². The minimum atomic E-state index is 0. The molecule has 0 saturated heterocycles. The molecule has 0 spiro atoms. The Morgan fingerprint density at radius 1 is 0.486 bits per heavy atom. The quantitative estimate of drug-likeness (QED) is 0.207. The van der Waals surface area contributed by atoms with Gasteiger partial charge in [0.15, 0.2) is 0 Å². The van der Waals surface area contributed by atoms with Crippen LogP contribution in [0.15, 0.2) is 87.8 Å². The van der Waals surface area contributed by atoms with Crippen molar-refractivity contribution >= 4 is 18.6 Å². The van der Waals surface area contributed by atoms with Crippen molar-refractivity contribution in [2.45, 2.75) is 40.0 Å². The second-order valence-corrected chi connectivity index (χ2v) is 7.78. The number of phenolic OH excluding ortho intramolecular Hbond substituents is 3. The first-order valence-corrected chi connectivity index (χ1v) is 12.4. The van der Waals surface area contributed by atoms with Gasteiger partial charge < -0.3 is 15.3 Å². The number of hydrogen-bond donors (Lipinski definition) is 3. The van der Waals surface area contributed by atoms with Gasteiger partial charge >= 0.3 is 0 Å². The number of benzene rings is 3. The largest absolute Gasteiger partial charge is 0.507 e. The van der Waals surface area contributed by atoms with Crippen LogP contribution < -0.4 is 0 Å². The molecule has 6 nitrogen and oxygen atoms in total. The smallest absolute Gasteiger partial charge is 0.124 e. The van der Waals surface area contributed by atoms with E-state index in [4.69, 9.17) is 0 Å². The summed E-state index contributed by atoms with van der Waals surface area (Å²) in [4.78, 5) is 12.4. The number of hydrogen-bond acceptors (Lipinski definition) is 6. The summed E-state index contributed by atoms with van der Waals surface area (Å²) in [5.74, 6) is 0.868. The van der Waals surface area contributed by atoms with Crippen LogP contribution in [-0.2, 0) is 17.1 Å². The fourth-order valence-electron chi connectivity index (χ4n) is 2.67. The maximum absolute atomic E-state index is 9.32. The summed E-state index contributed by atoms with van der Waals surface area (Å²) >= 11 is 0. The molecule has 0 saturated carbocycles. The van der Waals surface area contributed by atoms with Crippen molar-refractivity contribution in [1.29, 1.82) is 0 Å². The van der Waals surface area contributed by atoms with Gasteiger partial charge in [0, 0.05) is 72.0 Å². The zero-order chi connectivity index (χ0) is 26.4. The summed E-state index contributed by atoms with van der Waals surface area (Å²) in [5, 5.41) is 28.0. The number of aliphatic imine (C=N–C) groups is 3. The molecule has 3 rings (SSSR count). The topological polar surface area (TPSA) is 97.8 Å². The van der Waals surface area contributed by atoms with Crippen molar-refractivity contribution in [3.05, 3.63) is 89.5 Å². The van der Waals surface area contributed by atoms with Gasteiger partial charge in [-0.3, -0.25) is 15.0 Å². The van der Waals surface area contributed by atoms with Crippen molar-refractivity contribution in [2.75, 3.05) is 19.6 Å². The van der Waals surface area contributed by atoms with E-state index in [0.717, 1.165) is 55.6 Å². The van der Waals surface area contributed by atoms with E-state index >= 15 is 0 Å². The first kappa shape index (κ1) is 33.6.